The molecule has 7 heteroatoms. The van der Waals surface area contributed by atoms with Gasteiger partial charge < -0.3 is 10.2 Å². The summed E-state index contributed by atoms with van der Waals surface area (Å²) in [7, 11) is -2.84. The lowest BCUT2D eigenvalue weighted by Crippen LogP contribution is -2.42. The number of halogens is 1. The summed E-state index contributed by atoms with van der Waals surface area (Å²) >= 11 is 0. The van der Waals surface area contributed by atoms with Gasteiger partial charge in [-0.2, -0.15) is 0 Å². The van der Waals surface area contributed by atoms with E-state index in [4.69, 9.17) is 4.99 Å². The van der Waals surface area contributed by atoms with Crippen molar-refractivity contribution in [2.45, 2.75) is 25.7 Å². The van der Waals surface area contributed by atoms with Gasteiger partial charge in [0.15, 0.2) is 15.8 Å². The van der Waals surface area contributed by atoms with Crippen LogP contribution in [0.2, 0.25) is 0 Å². The fraction of sp³-hybridized carbons (Fsp3) is 0.550. The maximum absolute atomic E-state index is 11.7. The molecule has 0 spiro atoms. The normalized spacial score (nSPS) is 24.5. The van der Waals surface area contributed by atoms with E-state index in [2.05, 4.69) is 41.1 Å². The summed E-state index contributed by atoms with van der Waals surface area (Å²) in [6.45, 7) is 9.08. The fourth-order valence-electron chi connectivity index (χ4n) is 3.70. The smallest absolute Gasteiger partial charge is 0.194 e. The van der Waals surface area contributed by atoms with Gasteiger partial charge in [0.25, 0.3) is 0 Å². The molecule has 3 rings (SSSR count). The molecule has 2 unspecified atom stereocenters. The standard InChI is InChI=1S/C20H29N3O2S.HI/c1-16(2)12-21-20(22-13-17-9-11-26(24,25)15-17)23-10-8-19(14-23)18-6-4-3-5-7-18;/h3-7,17,19H,1,8-15H2,2H3,(H,21,22);1H. The second-order valence-corrected chi connectivity index (χ2v) is 9.82. The molecule has 1 aromatic rings. The van der Waals surface area contributed by atoms with Crippen molar-refractivity contribution in [1.29, 1.82) is 0 Å². The Bertz CT molecular complexity index is 765. The van der Waals surface area contributed by atoms with Crippen molar-refractivity contribution in [3.63, 3.8) is 0 Å². The quantitative estimate of drug-likeness (QED) is 0.291. The highest BCUT2D eigenvalue weighted by molar-refractivity contribution is 14.0. The third-order valence-corrected chi connectivity index (χ3v) is 6.97. The summed E-state index contributed by atoms with van der Waals surface area (Å²) in [5, 5.41) is 3.44. The van der Waals surface area contributed by atoms with E-state index in [-0.39, 0.29) is 29.9 Å². The number of nitrogens with one attached hydrogen (secondary N) is 1. The number of nitrogens with zero attached hydrogens (tertiary/aromatic N) is 2. The van der Waals surface area contributed by atoms with Crippen molar-refractivity contribution in [3.8, 4) is 0 Å². The van der Waals surface area contributed by atoms with Crippen molar-refractivity contribution in [2.24, 2.45) is 10.9 Å². The summed E-state index contributed by atoms with van der Waals surface area (Å²) in [6.07, 6.45) is 1.85. The van der Waals surface area contributed by atoms with Crippen LogP contribution < -0.4 is 5.32 Å². The maximum atomic E-state index is 11.7. The number of guanidine groups is 1. The number of rotatable bonds is 5. The lowest BCUT2D eigenvalue weighted by molar-refractivity contribution is 0.470. The third kappa shape index (κ3) is 6.48. The van der Waals surface area contributed by atoms with Crippen molar-refractivity contribution in [2.75, 3.05) is 37.7 Å². The van der Waals surface area contributed by atoms with Gasteiger partial charge in [0, 0.05) is 25.6 Å². The molecule has 0 radical (unpaired) electrons. The van der Waals surface area contributed by atoms with Crippen LogP contribution in [0.25, 0.3) is 0 Å². The Hall–Kier alpha value is -1.09. The highest BCUT2D eigenvalue weighted by atomic mass is 127. The van der Waals surface area contributed by atoms with Crippen LogP contribution in [0.15, 0.2) is 47.5 Å². The van der Waals surface area contributed by atoms with Crippen molar-refractivity contribution >= 4 is 39.8 Å². The van der Waals surface area contributed by atoms with E-state index in [9.17, 15) is 8.42 Å². The molecule has 0 amide bonds. The first-order chi connectivity index (χ1) is 12.4. The van der Waals surface area contributed by atoms with Crippen molar-refractivity contribution < 1.29 is 8.42 Å². The van der Waals surface area contributed by atoms with Gasteiger partial charge in [-0.1, -0.05) is 42.5 Å². The first kappa shape index (κ1) is 22.2. The SMILES string of the molecule is C=C(C)CN=C(NCC1CCS(=O)(=O)C1)N1CCC(c2ccccc2)C1.I. The molecule has 1 N–H and O–H groups in total. The van der Waals surface area contributed by atoms with E-state index < -0.39 is 9.84 Å². The topological polar surface area (TPSA) is 61.8 Å². The molecule has 1 aromatic carbocycles. The summed E-state index contributed by atoms with van der Waals surface area (Å²) < 4.78 is 23.4. The summed E-state index contributed by atoms with van der Waals surface area (Å²) in [5.41, 5.74) is 2.39. The zero-order valence-corrected chi connectivity index (χ0v) is 19.1. The second-order valence-electron chi connectivity index (χ2n) is 7.59. The van der Waals surface area contributed by atoms with Gasteiger partial charge in [-0.3, -0.25) is 0 Å². The zero-order valence-electron chi connectivity index (χ0n) is 15.9. The summed E-state index contributed by atoms with van der Waals surface area (Å²) in [4.78, 5) is 7.01. The molecule has 0 aliphatic carbocycles. The first-order valence-electron chi connectivity index (χ1n) is 9.36. The number of benzene rings is 1. The van der Waals surface area contributed by atoms with Crippen LogP contribution in [0, 0.1) is 5.92 Å². The molecule has 150 valence electrons. The highest BCUT2D eigenvalue weighted by Gasteiger charge is 2.30. The molecule has 2 fully saturated rings. The largest absolute Gasteiger partial charge is 0.356 e. The molecule has 2 atom stereocenters. The minimum atomic E-state index is -2.84. The fourth-order valence-corrected chi connectivity index (χ4v) is 5.56. The Labute approximate surface area is 180 Å². The minimum Gasteiger partial charge on any atom is -0.356 e. The molecule has 0 bridgehead atoms. The Kier molecular flexibility index (Phi) is 8.15. The zero-order chi connectivity index (χ0) is 18.6. The van der Waals surface area contributed by atoms with E-state index in [1.54, 1.807) is 0 Å². The lowest BCUT2D eigenvalue weighted by atomic mass is 9.99. The van der Waals surface area contributed by atoms with Crippen molar-refractivity contribution in [1.82, 2.24) is 10.2 Å². The van der Waals surface area contributed by atoms with Gasteiger partial charge in [0.2, 0.25) is 0 Å². The van der Waals surface area contributed by atoms with E-state index in [1.807, 2.05) is 13.0 Å². The third-order valence-electron chi connectivity index (χ3n) is 5.13. The molecule has 0 saturated carbocycles. The molecular formula is C20H30IN3O2S. The van der Waals surface area contributed by atoms with Crippen LogP contribution in [0.1, 0.15) is 31.2 Å². The van der Waals surface area contributed by atoms with E-state index in [0.717, 1.165) is 37.5 Å². The van der Waals surface area contributed by atoms with Gasteiger partial charge in [-0.25, -0.2) is 13.4 Å². The Morgan fingerprint density at radius 3 is 2.67 bits per heavy atom. The Morgan fingerprint density at radius 1 is 1.30 bits per heavy atom. The van der Waals surface area contributed by atoms with Gasteiger partial charge in [0.05, 0.1) is 18.1 Å². The maximum Gasteiger partial charge on any atom is 0.194 e. The number of sulfone groups is 1. The minimum absolute atomic E-state index is 0. The molecule has 2 saturated heterocycles. The molecule has 0 aromatic heterocycles. The Morgan fingerprint density at radius 2 is 2.04 bits per heavy atom. The van der Waals surface area contributed by atoms with Gasteiger partial charge in [-0.05, 0) is 31.2 Å². The summed E-state index contributed by atoms with van der Waals surface area (Å²) in [5.74, 6) is 2.19. The van der Waals surface area contributed by atoms with Crippen molar-refractivity contribution in [3.05, 3.63) is 48.0 Å². The predicted octanol–water partition coefficient (Wildman–Crippen LogP) is 3.05. The Balaban J connectivity index is 0.00000261. The lowest BCUT2D eigenvalue weighted by Gasteiger charge is -2.23. The molecule has 2 heterocycles. The van der Waals surface area contributed by atoms with Crippen LogP contribution in [0.4, 0.5) is 0 Å². The predicted molar refractivity (Wildman–Crippen MR) is 123 cm³/mol. The van der Waals surface area contributed by atoms with Crippen LogP contribution in [-0.2, 0) is 9.84 Å². The number of aliphatic imine (C=N–C) groups is 1. The number of hydrogen-bond acceptors (Lipinski definition) is 3. The summed E-state index contributed by atoms with van der Waals surface area (Å²) in [6, 6.07) is 10.6. The first-order valence-corrected chi connectivity index (χ1v) is 11.2. The molecule has 5 nitrogen and oxygen atoms in total. The van der Waals surface area contributed by atoms with Gasteiger partial charge in [0.1, 0.15) is 0 Å². The van der Waals surface area contributed by atoms with E-state index in [0.29, 0.717) is 30.5 Å². The van der Waals surface area contributed by atoms with Crippen LogP contribution in [0.5, 0.6) is 0 Å². The van der Waals surface area contributed by atoms with Crippen LogP contribution in [-0.4, -0.2) is 57.0 Å². The van der Waals surface area contributed by atoms with Crippen LogP contribution in [0.3, 0.4) is 0 Å². The average Bonchev–Trinajstić information content (AvgIpc) is 3.22. The van der Waals surface area contributed by atoms with Gasteiger partial charge in [-0.15, -0.1) is 24.0 Å². The molecule has 27 heavy (non-hydrogen) atoms. The molecule has 2 aliphatic heterocycles. The molecular weight excluding hydrogens is 473 g/mol. The molecule has 2 aliphatic rings. The second kappa shape index (κ2) is 9.91. The monoisotopic (exact) mass is 503 g/mol. The van der Waals surface area contributed by atoms with E-state index in [1.165, 1.54) is 5.56 Å². The van der Waals surface area contributed by atoms with Crippen LogP contribution >= 0.6 is 24.0 Å². The number of likely N-dealkylation sites (tertiary alicyclic amines) is 1. The van der Waals surface area contributed by atoms with Gasteiger partial charge >= 0.3 is 0 Å². The van der Waals surface area contributed by atoms with E-state index >= 15 is 0 Å². The average molecular weight is 503 g/mol. The highest BCUT2D eigenvalue weighted by Crippen LogP contribution is 2.27. The number of hydrogen-bond donors (Lipinski definition) is 1.